The first-order chi connectivity index (χ1) is 13.8. The standard InChI is InChI=1S/C21H13Cl2N3O2S/c1-11-3-2-4-12-9-13(18(23)24-17(11)12)10-16-19(27)25-21(29)26(20(16)28)15-7-5-14(22)6-8-15/h2-10H,1H3,(H,25,27,29)/b16-10+. The summed E-state index contributed by atoms with van der Waals surface area (Å²) in [5.74, 6) is -1.15. The highest BCUT2D eigenvalue weighted by atomic mass is 35.5. The monoisotopic (exact) mass is 441 g/mol. The van der Waals surface area contributed by atoms with Gasteiger partial charge in [0.2, 0.25) is 0 Å². The van der Waals surface area contributed by atoms with Crippen molar-refractivity contribution in [3.63, 3.8) is 0 Å². The number of carbonyl (C=O) groups excluding carboxylic acids is 2. The molecule has 0 aliphatic carbocycles. The molecule has 0 saturated carbocycles. The molecule has 1 aromatic heterocycles. The van der Waals surface area contributed by atoms with Gasteiger partial charge in [-0.15, -0.1) is 0 Å². The molecule has 0 radical (unpaired) electrons. The second-order valence-electron chi connectivity index (χ2n) is 6.45. The Bertz CT molecular complexity index is 1220. The van der Waals surface area contributed by atoms with Crippen LogP contribution in [0.1, 0.15) is 11.1 Å². The van der Waals surface area contributed by atoms with Gasteiger partial charge in [-0.2, -0.15) is 0 Å². The molecule has 1 aliphatic rings. The smallest absolute Gasteiger partial charge is 0.270 e. The van der Waals surface area contributed by atoms with Gasteiger partial charge in [0.1, 0.15) is 10.7 Å². The summed E-state index contributed by atoms with van der Waals surface area (Å²) < 4.78 is 0. The van der Waals surface area contributed by atoms with Crippen molar-refractivity contribution < 1.29 is 9.59 Å². The van der Waals surface area contributed by atoms with Crippen molar-refractivity contribution in [2.24, 2.45) is 0 Å². The lowest BCUT2D eigenvalue weighted by molar-refractivity contribution is -0.122. The highest BCUT2D eigenvalue weighted by molar-refractivity contribution is 7.80. The average molecular weight is 442 g/mol. The maximum Gasteiger partial charge on any atom is 0.270 e. The van der Waals surface area contributed by atoms with Crippen LogP contribution in [-0.4, -0.2) is 21.9 Å². The van der Waals surface area contributed by atoms with Crippen molar-refractivity contribution in [3.8, 4) is 0 Å². The van der Waals surface area contributed by atoms with E-state index in [1.54, 1.807) is 30.3 Å². The van der Waals surface area contributed by atoms with Crippen LogP contribution in [0.4, 0.5) is 5.69 Å². The molecule has 3 aromatic rings. The van der Waals surface area contributed by atoms with Gasteiger partial charge < -0.3 is 0 Å². The number of benzene rings is 2. The van der Waals surface area contributed by atoms with E-state index in [9.17, 15) is 9.59 Å². The Kier molecular flexibility index (Phi) is 5.08. The minimum absolute atomic E-state index is 0.00201. The summed E-state index contributed by atoms with van der Waals surface area (Å²) in [4.78, 5) is 31.2. The molecule has 1 aliphatic heterocycles. The highest BCUT2D eigenvalue weighted by Crippen LogP contribution is 2.27. The van der Waals surface area contributed by atoms with E-state index in [2.05, 4.69) is 10.3 Å². The fraction of sp³-hybridized carbons (Fsp3) is 0.0476. The molecule has 2 amide bonds. The van der Waals surface area contributed by atoms with Crippen molar-refractivity contribution in [1.29, 1.82) is 0 Å². The minimum atomic E-state index is -0.592. The van der Waals surface area contributed by atoms with E-state index in [0.29, 0.717) is 16.3 Å². The number of amides is 2. The molecule has 0 bridgehead atoms. The molecule has 144 valence electrons. The number of aryl methyl sites for hydroxylation is 1. The number of carbonyl (C=O) groups is 2. The molecule has 1 fully saturated rings. The summed E-state index contributed by atoms with van der Waals surface area (Å²) in [6.45, 7) is 1.94. The van der Waals surface area contributed by atoms with Gasteiger partial charge in [0.15, 0.2) is 5.11 Å². The number of nitrogens with zero attached hydrogens (tertiary/aromatic N) is 2. The molecule has 0 atom stereocenters. The summed E-state index contributed by atoms with van der Waals surface area (Å²) in [7, 11) is 0. The van der Waals surface area contributed by atoms with Crippen LogP contribution in [0.5, 0.6) is 0 Å². The first kappa shape index (κ1) is 19.5. The topological polar surface area (TPSA) is 62.3 Å². The van der Waals surface area contributed by atoms with E-state index in [1.807, 2.05) is 25.1 Å². The number of anilines is 1. The molecular weight excluding hydrogens is 429 g/mol. The van der Waals surface area contributed by atoms with Crippen LogP contribution in [0.25, 0.3) is 17.0 Å². The molecule has 5 nitrogen and oxygen atoms in total. The van der Waals surface area contributed by atoms with Crippen molar-refractivity contribution in [2.45, 2.75) is 6.92 Å². The SMILES string of the molecule is Cc1cccc2cc(/C=C3\C(=O)NC(=S)N(c4ccc(Cl)cc4)C3=O)c(Cl)nc12. The number of hydrogen-bond donors (Lipinski definition) is 1. The van der Waals surface area contributed by atoms with Crippen LogP contribution in [0, 0.1) is 6.92 Å². The summed E-state index contributed by atoms with van der Waals surface area (Å²) >= 11 is 17.4. The Labute approximate surface area is 181 Å². The molecule has 4 rings (SSSR count). The number of rotatable bonds is 2. The lowest BCUT2D eigenvalue weighted by Crippen LogP contribution is -2.54. The van der Waals surface area contributed by atoms with Gasteiger partial charge in [0.25, 0.3) is 11.8 Å². The Morgan fingerprint density at radius 2 is 1.83 bits per heavy atom. The maximum atomic E-state index is 13.1. The number of aromatic nitrogens is 1. The molecule has 1 N–H and O–H groups in total. The Hall–Kier alpha value is -2.80. The number of para-hydroxylation sites is 1. The third-order valence-corrected chi connectivity index (χ3v) is 5.35. The maximum absolute atomic E-state index is 13.1. The summed E-state index contributed by atoms with van der Waals surface area (Å²) in [5, 5.41) is 4.12. The van der Waals surface area contributed by atoms with Crippen LogP contribution < -0.4 is 10.2 Å². The lowest BCUT2D eigenvalue weighted by atomic mass is 10.1. The molecule has 0 unspecified atom stereocenters. The lowest BCUT2D eigenvalue weighted by Gasteiger charge is -2.29. The predicted octanol–water partition coefficient (Wildman–Crippen LogP) is 4.68. The van der Waals surface area contributed by atoms with Gasteiger partial charge in [-0.1, -0.05) is 41.4 Å². The largest absolute Gasteiger partial charge is 0.298 e. The van der Waals surface area contributed by atoms with Gasteiger partial charge in [0.05, 0.1) is 11.2 Å². The fourth-order valence-electron chi connectivity index (χ4n) is 3.08. The zero-order valence-corrected chi connectivity index (χ0v) is 17.4. The summed E-state index contributed by atoms with van der Waals surface area (Å²) in [6.07, 6.45) is 1.43. The van der Waals surface area contributed by atoms with Gasteiger partial charge in [-0.05, 0) is 61.1 Å². The van der Waals surface area contributed by atoms with E-state index < -0.39 is 11.8 Å². The van der Waals surface area contributed by atoms with Gasteiger partial charge >= 0.3 is 0 Å². The number of pyridine rings is 1. The Morgan fingerprint density at radius 3 is 2.55 bits per heavy atom. The molecule has 2 heterocycles. The van der Waals surface area contributed by atoms with Crippen molar-refractivity contribution in [2.75, 3.05) is 4.90 Å². The fourth-order valence-corrected chi connectivity index (χ4v) is 3.68. The Morgan fingerprint density at radius 1 is 1.10 bits per heavy atom. The molecule has 1 saturated heterocycles. The average Bonchev–Trinajstić information content (AvgIpc) is 2.67. The van der Waals surface area contributed by atoms with E-state index in [0.717, 1.165) is 16.5 Å². The third-order valence-electron chi connectivity index (χ3n) is 4.51. The molecule has 29 heavy (non-hydrogen) atoms. The van der Waals surface area contributed by atoms with Gasteiger partial charge in [0, 0.05) is 16.0 Å². The van der Waals surface area contributed by atoms with E-state index in [4.69, 9.17) is 35.4 Å². The normalized spacial score (nSPS) is 15.9. The second kappa shape index (κ2) is 7.55. The number of fused-ring (bicyclic) bond motifs is 1. The zero-order valence-electron chi connectivity index (χ0n) is 15.1. The first-order valence-electron chi connectivity index (χ1n) is 8.58. The van der Waals surface area contributed by atoms with Crippen LogP contribution >= 0.6 is 35.4 Å². The minimum Gasteiger partial charge on any atom is -0.298 e. The van der Waals surface area contributed by atoms with Crippen molar-refractivity contribution in [1.82, 2.24) is 10.3 Å². The van der Waals surface area contributed by atoms with Crippen LogP contribution in [-0.2, 0) is 9.59 Å². The van der Waals surface area contributed by atoms with Crippen LogP contribution in [0.3, 0.4) is 0 Å². The van der Waals surface area contributed by atoms with Gasteiger partial charge in [-0.25, -0.2) is 4.98 Å². The molecule has 0 spiro atoms. The third kappa shape index (κ3) is 3.62. The van der Waals surface area contributed by atoms with E-state index >= 15 is 0 Å². The van der Waals surface area contributed by atoms with E-state index in [1.165, 1.54) is 11.0 Å². The van der Waals surface area contributed by atoms with Crippen LogP contribution in [0.15, 0.2) is 54.1 Å². The highest BCUT2D eigenvalue weighted by Gasteiger charge is 2.34. The predicted molar refractivity (Wildman–Crippen MR) is 119 cm³/mol. The zero-order chi connectivity index (χ0) is 20.7. The van der Waals surface area contributed by atoms with Gasteiger partial charge in [-0.3, -0.25) is 19.8 Å². The number of nitrogens with one attached hydrogen (secondary N) is 1. The quantitative estimate of drug-likeness (QED) is 0.271. The Balaban J connectivity index is 1.80. The number of hydrogen-bond acceptors (Lipinski definition) is 4. The summed E-state index contributed by atoms with van der Waals surface area (Å²) in [5.41, 5.74) is 2.61. The number of thiocarbonyl (C=S) groups is 1. The van der Waals surface area contributed by atoms with Crippen molar-refractivity contribution in [3.05, 3.63) is 75.4 Å². The molecular formula is C21H13Cl2N3O2S. The van der Waals surface area contributed by atoms with E-state index in [-0.39, 0.29) is 15.8 Å². The van der Waals surface area contributed by atoms with Crippen LogP contribution in [0.2, 0.25) is 10.2 Å². The molecule has 8 heteroatoms. The first-order valence-corrected chi connectivity index (χ1v) is 9.74. The second-order valence-corrected chi connectivity index (χ2v) is 7.63. The number of halogens is 2. The summed E-state index contributed by atoms with van der Waals surface area (Å²) in [6, 6.07) is 14.1. The molecule has 2 aromatic carbocycles. The van der Waals surface area contributed by atoms with Crippen molar-refractivity contribution >= 4 is 75.0 Å².